The molecule has 25 heavy (non-hydrogen) atoms. The number of benzene rings is 2. The van der Waals surface area contributed by atoms with Gasteiger partial charge in [-0.1, -0.05) is 24.3 Å². The maximum atomic E-state index is 10.4. The minimum absolute atomic E-state index is 0.215. The van der Waals surface area contributed by atoms with E-state index in [0.29, 0.717) is 19.3 Å². The highest BCUT2D eigenvalue weighted by Gasteiger charge is 2.14. The van der Waals surface area contributed by atoms with E-state index in [0.717, 1.165) is 33.4 Å². The molecule has 0 fully saturated rings. The Hall–Kier alpha value is -2.04. The van der Waals surface area contributed by atoms with E-state index in [4.69, 9.17) is 0 Å². The molecule has 0 aliphatic carbocycles. The minimum atomic E-state index is -0.457. The molecule has 2 unspecified atom stereocenters. The van der Waals surface area contributed by atoms with Gasteiger partial charge in [-0.3, -0.25) is 0 Å². The Kier molecular flexibility index (Phi) is 6.09. The third-order valence-electron chi connectivity index (χ3n) is 4.32. The quantitative estimate of drug-likeness (QED) is 0.649. The van der Waals surface area contributed by atoms with Gasteiger partial charge in [0.25, 0.3) is 0 Å². The summed E-state index contributed by atoms with van der Waals surface area (Å²) in [6.45, 7) is 7.13. The van der Waals surface area contributed by atoms with Gasteiger partial charge in [0.15, 0.2) is 0 Å². The van der Waals surface area contributed by atoms with Gasteiger partial charge >= 0.3 is 0 Å². The molecule has 136 valence electrons. The Morgan fingerprint density at radius 2 is 1.08 bits per heavy atom. The van der Waals surface area contributed by atoms with Crippen LogP contribution in [0.1, 0.15) is 47.2 Å². The predicted molar refractivity (Wildman–Crippen MR) is 99.3 cm³/mol. The third-order valence-corrected chi connectivity index (χ3v) is 4.32. The zero-order valence-corrected chi connectivity index (χ0v) is 15.4. The van der Waals surface area contributed by atoms with Crippen LogP contribution >= 0.6 is 0 Å². The van der Waals surface area contributed by atoms with Crippen LogP contribution in [0.4, 0.5) is 0 Å². The van der Waals surface area contributed by atoms with Gasteiger partial charge in [-0.25, -0.2) is 0 Å². The van der Waals surface area contributed by atoms with E-state index in [9.17, 15) is 20.4 Å². The summed E-state index contributed by atoms with van der Waals surface area (Å²) < 4.78 is 0. The SMILES string of the molecule is Cc1cc(CC(C)O)cc(Cc2cc(CC(C)O)cc(C)c2O)c1O. The van der Waals surface area contributed by atoms with Crippen molar-refractivity contribution in [2.45, 2.75) is 59.2 Å². The van der Waals surface area contributed by atoms with Crippen LogP contribution in [0.5, 0.6) is 11.5 Å². The molecule has 0 radical (unpaired) electrons. The van der Waals surface area contributed by atoms with Crippen molar-refractivity contribution in [1.29, 1.82) is 0 Å². The van der Waals surface area contributed by atoms with Gasteiger partial charge in [-0.05, 0) is 73.9 Å². The lowest BCUT2D eigenvalue weighted by molar-refractivity contribution is 0.195. The Labute approximate surface area is 149 Å². The zero-order valence-electron chi connectivity index (χ0n) is 15.4. The van der Waals surface area contributed by atoms with Crippen LogP contribution in [-0.2, 0) is 19.3 Å². The van der Waals surface area contributed by atoms with E-state index in [1.165, 1.54) is 0 Å². The standard InChI is InChI=1S/C21H28O4/c1-12-5-16(7-14(3)22)9-18(20(12)24)11-19-10-17(8-15(4)23)6-13(2)21(19)25/h5-6,9-10,14-15,22-25H,7-8,11H2,1-4H3. The van der Waals surface area contributed by atoms with Crippen LogP contribution in [0.15, 0.2) is 24.3 Å². The lowest BCUT2D eigenvalue weighted by atomic mass is 9.93. The first-order valence-electron chi connectivity index (χ1n) is 8.66. The van der Waals surface area contributed by atoms with Crippen molar-refractivity contribution in [3.05, 3.63) is 57.6 Å². The van der Waals surface area contributed by atoms with Crippen LogP contribution in [0, 0.1) is 13.8 Å². The number of phenols is 2. The van der Waals surface area contributed by atoms with Crippen LogP contribution < -0.4 is 0 Å². The smallest absolute Gasteiger partial charge is 0.122 e. The van der Waals surface area contributed by atoms with Gasteiger partial charge in [-0.2, -0.15) is 0 Å². The Bertz CT molecular complexity index is 685. The molecule has 0 saturated heterocycles. The van der Waals surface area contributed by atoms with Crippen LogP contribution in [0.25, 0.3) is 0 Å². The second-order valence-corrected chi connectivity index (χ2v) is 7.12. The van der Waals surface area contributed by atoms with E-state index < -0.39 is 12.2 Å². The second kappa shape index (κ2) is 7.89. The summed E-state index contributed by atoms with van der Waals surface area (Å²) in [4.78, 5) is 0. The monoisotopic (exact) mass is 344 g/mol. The first kappa shape index (κ1) is 19.3. The molecular formula is C21H28O4. The second-order valence-electron chi connectivity index (χ2n) is 7.12. The number of hydrogen-bond acceptors (Lipinski definition) is 4. The molecule has 0 aliphatic rings. The summed E-state index contributed by atoms with van der Waals surface area (Å²) in [6, 6.07) is 7.51. The molecule has 0 aliphatic heterocycles. The molecular weight excluding hydrogens is 316 g/mol. The van der Waals surface area contributed by atoms with E-state index in [1.807, 2.05) is 38.1 Å². The average Bonchev–Trinajstić information content (AvgIpc) is 2.48. The number of aryl methyl sites for hydroxylation is 2. The number of rotatable bonds is 6. The number of aliphatic hydroxyl groups is 2. The average molecular weight is 344 g/mol. The van der Waals surface area contributed by atoms with Crippen molar-refractivity contribution in [2.24, 2.45) is 0 Å². The summed E-state index contributed by atoms with van der Waals surface area (Å²) in [5, 5.41) is 40.1. The van der Waals surface area contributed by atoms with Gasteiger partial charge in [-0.15, -0.1) is 0 Å². The van der Waals surface area contributed by atoms with Crippen molar-refractivity contribution in [2.75, 3.05) is 0 Å². The highest BCUT2D eigenvalue weighted by molar-refractivity contribution is 5.50. The molecule has 2 rings (SSSR count). The largest absolute Gasteiger partial charge is 0.507 e. The fourth-order valence-corrected chi connectivity index (χ4v) is 3.26. The van der Waals surface area contributed by atoms with Crippen molar-refractivity contribution in [1.82, 2.24) is 0 Å². The normalized spacial score (nSPS) is 13.7. The lowest BCUT2D eigenvalue weighted by Gasteiger charge is -2.15. The van der Waals surface area contributed by atoms with E-state index >= 15 is 0 Å². The summed E-state index contributed by atoms with van der Waals surface area (Å²) in [5.41, 5.74) is 4.86. The van der Waals surface area contributed by atoms with Crippen LogP contribution in [0.3, 0.4) is 0 Å². The van der Waals surface area contributed by atoms with Crippen LogP contribution in [-0.4, -0.2) is 32.6 Å². The molecule has 0 spiro atoms. The molecule has 2 aromatic rings. The maximum Gasteiger partial charge on any atom is 0.122 e. The molecule has 2 aromatic carbocycles. The van der Waals surface area contributed by atoms with Crippen molar-refractivity contribution in [3.63, 3.8) is 0 Å². The van der Waals surface area contributed by atoms with E-state index in [2.05, 4.69) is 0 Å². The summed E-state index contributed by atoms with van der Waals surface area (Å²) in [7, 11) is 0. The number of aromatic hydroxyl groups is 2. The molecule has 0 heterocycles. The summed E-state index contributed by atoms with van der Waals surface area (Å²) in [5.74, 6) is 0.430. The lowest BCUT2D eigenvalue weighted by Crippen LogP contribution is -2.06. The molecule has 4 N–H and O–H groups in total. The fraction of sp³-hybridized carbons (Fsp3) is 0.429. The molecule has 0 amide bonds. The van der Waals surface area contributed by atoms with Gasteiger partial charge in [0, 0.05) is 6.42 Å². The number of hydrogen-bond donors (Lipinski definition) is 4. The number of aliphatic hydroxyl groups excluding tert-OH is 2. The zero-order chi connectivity index (χ0) is 18.7. The van der Waals surface area contributed by atoms with Crippen LogP contribution in [0.2, 0.25) is 0 Å². The highest BCUT2D eigenvalue weighted by Crippen LogP contribution is 2.32. The Balaban J connectivity index is 2.41. The van der Waals surface area contributed by atoms with Crippen molar-refractivity contribution < 1.29 is 20.4 Å². The van der Waals surface area contributed by atoms with Crippen molar-refractivity contribution in [3.8, 4) is 11.5 Å². The molecule has 0 saturated carbocycles. The molecule has 4 nitrogen and oxygen atoms in total. The summed E-state index contributed by atoms with van der Waals surface area (Å²) in [6.07, 6.45) is 0.506. The first-order valence-corrected chi connectivity index (χ1v) is 8.66. The highest BCUT2D eigenvalue weighted by atomic mass is 16.3. The van der Waals surface area contributed by atoms with Crippen molar-refractivity contribution >= 4 is 0 Å². The van der Waals surface area contributed by atoms with E-state index in [-0.39, 0.29) is 11.5 Å². The molecule has 4 heteroatoms. The number of phenolic OH excluding ortho intramolecular Hbond substituents is 2. The van der Waals surface area contributed by atoms with E-state index in [1.54, 1.807) is 13.8 Å². The van der Waals surface area contributed by atoms with Gasteiger partial charge in [0.05, 0.1) is 12.2 Å². The third kappa shape index (κ3) is 4.97. The van der Waals surface area contributed by atoms with Gasteiger partial charge in [0.2, 0.25) is 0 Å². The summed E-state index contributed by atoms with van der Waals surface area (Å²) >= 11 is 0. The fourth-order valence-electron chi connectivity index (χ4n) is 3.26. The first-order chi connectivity index (χ1) is 11.7. The topological polar surface area (TPSA) is 80.9 Å². The van der Waals surface area contributed by atoms with Gasteiger partial charge < -0.3 is 20.4 Å². The molecule has 0 aromatic heterocycles. The predicted octanol–water partition coefficient (Wildman–Crippen LogP) is 3.15. The Morgan fingerprint density at radius 1 is 0.720 bits per heavy atom. The Morgan fingerprint density at radius 3 is 1.40 bits per heavy atom. The maximum absolute atomic E-state index is 10.4. The minimum Gasteiger partial charge on any atom is -0.507 e. The van der Waals surface area contributed by atoms with Gasteiger partial charge in [0.1, 0.15) is 11.5 Å². The molecule has 2 atom stereocenters. The molecule has 0 bridgehead atoms.